The molecule has 4 aromatic rings. The molecule has 0 aliphatic carbocycles. The van der Waals surface area contributed by atoms with E-state index in [1.165, 1.54) is 45.0 Å². The maximum Gasteiger partial charge on any atom is 0.297 e. The topological polar surface area (TPSA) is 85.6 Å². The highest BCUT2D eigenvalue weighted by Crippen LogP contribution is 2.26. The predicted octanol–water partition coefficient (Wildman–Crippen LogP) is 3.24. The Hall–Kier alpha value is -2.98. The minimum absolute atomic E-state index is 0.0390. The molecule has 0 atom stereocenters. The van der Waals surface area contributed by atoms with Crippen LogP contribution in [-0.4, -0.2) is 30.9 Å². The number of nitrogens with one attached hydrogen (secondary N) is 1. The van der Waals surface area contributed by atoms with E-state index in [4.69, 9.17) is 0 Å². The van der Waals surface area contributed by atoms with Gasteiger partial charge >= 0.3 is 0 Å². The third-order valence-electron chi connectivity index (χ3n) is 3.19. The van der Waals surface area contributed by atoms with E-state index < -0.39 is 11.7 Å². The van der Waals surface area contributed by atoms with Gasteiger partial charge in [0.2, 0.25) is 11.0 Å². The minimum Gasteiger partial charge on any atom is -0.294 e. The Morgan fingerprint density at radius 1 is 1.20 bits per heavy atom. The van der Waals surface area contributed by atoms with Crippen molar-refractivity contribution in [1.29, 1.82) is 0 Å². The first-order chi connectivity index (χ1) is 12.2. The lowest BCUT2D eigenvalue weighted by Gasteiger charge is -2.04. The zero-order valence-corrected chi connectivity index (χ0v) is 14.1. The highest BCUT2D eigenvalue weighted by atomic mass is 32.1. The maximum absolute atomic E-state index is 13.6. The van der Waals surface area contributed by atoms with Crippen LogP contribution in [0.25, 0.3) is 16.4 Å². The van der Waals surface area contributed by atoms with Gasteiger partial charge in [0, 0.05) is 0 Å². The number of rotatable bonds is 4. The number of hydrogen-bond acceptors (Lipinski definition) is 7. The molecular weight excluding hydrogens is 363 g/mol. The van der Waals surface area contributed by atoms with Crippen molar-refractivity contribution < 1.29 is 9.18 Å². The molecule has 4 rings (SSSR count). The van der Waals surface area contributed by atoms with Crippen molar-refractivity contribution in [3.05, 3.63) is 58.9 Å². The van der Waals surface area contributed by atoms with E-state index >= 15 is 0 Å². The summed E-state index contributed by atoms with van der Waals surface area (Å²) in [6.07, 6.45) is 0. The molecule has 0 fully saturated rings. The molecule has 7 nitrogen and oxygen atoms in total. The van der Waals surface area contributed by atoms with Gasteiger partial charge < -0.3 is 0 Å². The molecule has 1 aromatic carbocycles. The number of thiophene rings is 1. The minimum atomic E-state index is -0.510. The first kappa shape index (κ1) is 15.5. The van der Waals surface area contributed by atoms with E-state index in [9.17, 15) is 9.18 Å². The standard InChI is InChI=1S/C15H9FN6OS2/c16-9-3-1-4-10(7-9)22-13(11-5-2-6-24-11)18-12(21-22)14(23)19-15-20-17-8-25-15/h1-8H,(H,19,20,23). The molecule has 0 bridgehead atoms. The van der Waals surface area contributed by atoms with Crippen LogP contribution < -0.4 is 5.32 Å². The average molecular weight is 372 g/mol. The Labute approximate surface area is 148 Å². The lowest BCUT2D eigenvalue weighted by atomic mass is 10.3. The van der Waals surface area contributed by atoms with Crippen LogP contribution in [0.15, 0.2) is 47.3 Å². The fourth-order valence-electron chi connectivity index (χ4n) is 2.14. The number of carbonyl (C=O) groups excluding carboxylic acids is 1. The number of hydrogen-bond donors (Lipinski definition) is 1. The van der Waals surface area contributed by atoms with Gasteiger partial charge in [-0.25, -0.2) is 14.1 Å². The fraction of sp³-hybridized carbons (Fsp3) is 0. The quantitative estimate of drug-likeness (QED) is 0.594. The van der Waals surface area contributed by atoms with Gasteiger partial charge in [0.1, 0.15) is 11.3 Å². The molecule has 0 unspecified atom stereocenters. The van der Waals surface area contributed by atoms with Gasteiger partial charge in [0.05, 0.1) is 10.6 Å². The van der Waals surface area contributed by atoms with Crippen LogP contribution in [-0.2, 0) is 0 Å². The molecule has 25 heavy (non-hydrogen) atoms. The average Bonchev–Trinajstić information content (AvgIpc) is 3.35. The van der Waals surface area contributed by atoms with E-state index in [-0.39, 0.29) is 5.82 Å². The Morgan fingerprint density at radius 2 is 2.12 bits per heavy atom. The molecule has 0 radical (unpaired) electrons. The van der Waals surface area contributed by atoms with Crippen molar-refractivity contribution in [2.45, 2.75) is 0 Å². The molecule has 0 spiro atoms. The Balaban J connectivity index is 1.77. The maximum atomic E-state index is 13.6. The Kier molecular flexibility index (Phi) is 4.04. The van der Waals surface area contributed by atoms with Crippen molar-refractivity contribution in [3.63, 3.8) is 0 Å². The van der Waals surface area contributed by atoms with Gasteiger partial charge in [-0.2, -0.15) is 0 Å². The Morgan fingerprint density at radius 3 is 2.84 bits per heavy atom. The summed E-state index contributed by atoms with van der Waals surface area (Å²) < 4.78 is 15.0. The SMILES string of the molecule is O=C(Nc1nncs1)c1nc(-c2cccs2)n(-c2cccc(F)c2)n1. The second-order valence-electron chi connectivity index (χ2n) is 4.83. The van der Waals surface area contributed by atoms with Gasteiger partial charge in [-0.15, -0.1) is 26.6 Å². The number of carbonyl (C=O) groups is 1. The van der Waals surface area contributed by atoms with Crippen LogP contribution in [0.1, 0.15) is 10.6 Å². The van der Waals surface area contributed by atoms with Gasteiger partial charge in [-0.3, -0.25) is 10.1 Å². The lowest BCUT2D eigenvalue weighted by Crippen LogP contribution is -2.14. The summed E-state index contributed by atoms with van der Waals surface area (Å²) in [4.78, 5) is 17.5. The van der Waals surface area contributed by atoms with E-state index in [1.807, 2.05) is 17.5 Å². The number of nitrogens with zero attached hydrogens (tertiary/aromatic N) is 5. The smallest absolute Gasteiger partial charge is 0.294 e. The molecule has 1 N–H and O–H groups in total. The van der Waals surface area contributed by atoms with Gasteiger partial charge in [0.15, 0.2) is 5.82 Å². The highest BCUT2D eigenvalue weighted by Gasteiger charge is 2.20. The van der Waals surface area contributed by atoms with E-state index in [2.05, 4.69) is 25.6 Å². The van der Waals surface area contributed by atoms with Gasteiger partial charge in [0.25, 0.3) is 5.91 Å². The highest BCUT2D eigenvalue weighted by molar-refractivity contribution is 7.13. The summed E-state index contributed by atoms with van der Waals surface area (Å²) in [6, 6.07) is 9.67. The number of benzene rings is 1. The first-order valence-electron chi connectivity index (χ1n) is 7.05. The summed E-state index contributed by atoms with van der Waals surface area (Å²) in [6.45, 7) is 0. The third kappa shape index (κ3) is 3.16. The lowest BCUT2D eigenvalue weighted by molar-refractivity contribution is 0.101. The van der Waals surface area contributed by atoms with Gasteiger partial charge in [-0.1, -0.05) is 23.5 Å². The monoisotopic (exact) mass is 372 g/mol. The number of anilines is 1. The number of halogens is 1. The Bertz CT molecular complexity index is 1010. The van der Waals surface area contributed by atoms with Crippen molar-refractivity contribution in [2.75, 3.05) is 5.32 Å². The summed E-state index contributed by atoms with van der Waals surface area (Å²) >= 11 is 2.64. The van der Waals surface area contributed by atoms with Crippen molar-refractivity contribution in [3.8, 4) is 16.4 Å². The molecular formula is C15H9FN6OS2. The number of amides is 1. The van der Waals surface area contributed by atoms with Crippen LogP contribution >= 0.6 is 22.7 Å². The molecule has 10 heteroatoms. The van der Waals surface area contributed by atoms with E-state index in [1.54, 1.807) is 12.1 Å². The van der Waals surface area contributed by atoms with E-state index in [0.29, 0.717) is 16.6 Å². The molecule has 1 amide bonds. The van der Waals surface area contributed by atoms with Crippen molar-refractivity contribution in [2.24, 2.45) is 0 Å². The fourth-order valence-corrected chi connectivity index (χ4v) is 3.28. The summed E-state index contributed by atoms with van der Waals surface area (Å²) in [7, 11) is 0. The molecule has 0 saturated heterocycles. The second-order valence-corrected chi connectivity index (χ2v) is 6.61. The van der Waals surface area contributed by atoms with Crippen LogP contribution in [0.4, 0.5) is 9.52 Å². The molecule has 124 valence electrons. The van der Waals surface area contributed by atoms with Crippen LogP contribution in [0.2, 0.25) is 0 Å². The summed E-state index contributed by atoms with van der Waals surface area (Å²) in [5.41, 5.74) is 1.98. The molecule has 3 aromatic heterocycles. The molecule has 0 aliphatic heterocycles. The second kappa shape index (κ2) is 6.49. The first-order valence-corrected chi connectivity index (χ1v) is 8.81. The van der Waals surface area contributed by atoms with Crippen molar-refractivity contribution in [1.82, 2.24) is 25.0 Å². The molecule has 3 heterocycles. The predicted molar refractivity (Wildman–Crippen MR) is 92.5 cm³/mol. The van der Waals surface area contributed by atoms with Gasteiger partial charge in [-0.05, 0) is 29.6 Å². The van der Waals surface area contributed by atoms with Crippen LogP contribution in [0.3, 0.4) is 0 Å². The van der Waals surface area contributed by atoms with Crippen LogP contribution in [0.5, 0.6) is 0 Å². The van der Waals surface area contributed by atoms with Crippen LogP contribution in [0, 0.1) is 5.82 Å². The normalized spacial score (nSPS) is 10.8. The largest absolute Gasteiger partial charge is 0.297 e. The molecule has 0 saturated carbocycles. The summed E-state index contributed by atoms with van der Waals surface area (Å²) in [5.74, 6) is -0.486. The molecule has 0 aliphatic rings. The zero-order valence-electron chi connectivity index (χ0n) is 12.5. The third-order valence-corrected chi connectivity index (χ3v) is 4.66. The van der Waals surface area contributed by atoms with E-state index in [0.717, 1.165) is 4.88 Å². The number of aromatic nitrogens is 5. The zero-order chi connectivity index (χ0) is 17.2. The summed E-state index contributed by atoms with van der Waals surface area (Å²) in [5, 5.41) is 16.5. The van der Waals surface area contributed by atoms with Crippen molar-refractivity contribution >= 4 is 33.7 Å².